The molecule has 1 amide bonds. The van der Waals surface area contributed by atoms with Crippen LogP contribution in [0.25, 0.3) is 17.0 Å². The van der Waals surface area contributed by atoms with E-state index in [9.17, 15) is 4.79 Å². The number of hydrogen-bond acceptors (Lipinski definition) is 5. The van der Waals surface area contributed by atoms with Crippen LogP contribution in [-0.2, 0) is 4.79 Å². The van der Waals surface area contributed by atoms with Gasteiger partial charge in [-0.3, -0.25) is 4.79 Å². The highest BCUT2D eigenvalue weighted by molar-refractivity contribution is 5.79. The molecule has 0 N–H and O–H groups in total. The molecule has 30 heavy (non-hydrogen) atoms. The molecule has 7 heteroatoms. The number of carbonyl (C=O) groups excluding carboxylic acids is 1. The highest BCUT2D eigenvalue weighted by Crippen LogP contribution is 2.26. The van der Waals surface area contributed by atoms with Crippen molar-refractivity contribution in [2.24, 2.45) is 5.92 Å². The van der Waals surface area contributed by atoms with Gasteiger partial charge in [-0.1, -0.05) is 43.2 Å². The monoisotopic (exact) mass is 404 g/mol. The fourth-order valence-electron chi connectivity index (χ4n) is 4.62. The minimum absolute atomic E-state index is 0.151. The molecule has 3 aromatic rings. The molecule has 2 aliphatic heterocycles. The summed E-state index contributed by atoms with van der Waals surface area (Å²) in [6.45, 7) is 3.58. The summed E-state index contributed by atoms with van der Waals surface area (Å²) in [6, 6.07) is 14.0. The van der Waals surface area contributed by atoms with E-state index in [1.165, 1.54) is 12.8 Å². The van der Waals surface area contributed by atoms with E-state index >= 15 is 0 Å². The van der Waals surface area contributed by atoms with Crippen molar-refractivity contribution in [3.05, 3.63) is 42.5 Å². The lowest BCUT2D eigenvalue weighted by molar-refractivity contribution is -0.136. The number of benzene rings is 1. The van der Waals surface area contributed by atoms with Gasteiger partial charge in [-0.05, 0) is 37.8 Å². The highest BCUT2D eigenvalue weighted by atomic mass is 16.2. The summed E-state index contributed by atoms with van der Waals surface area (Å²) < 4.78 is 1.82. The normalized spacial score (nSPS) is 18.5. The maximum absolute atomic E-state index is 13.0. The van der Waals surface area contributed by atoms with Gasteiger partial charge in [0.15, 0.2) is 11.5 Å². The Hall–Kier alpha value is -2.96. The van der Waals surface area contributed by atoms with Crippen LogP contribution >= 0.6 is 0 Å². The summed E-state index contributed by atoms with van der Waals surface area (Å²) in [4.78, 5) is 17.4. The van der Waals surface area contributed by atoms with Crippen molar-refractivity contribution in [1.82, 2.24) is 24.7 Å². The second kappa shape index (κ2) is 8.42. The highest BCUT2D eigenvalue weighted by Gasteiger charge is 2.29. The van der Waals surface area contributed by atoms with Crippen molar-refractivity contribution < 1.29 is 4.79 Å². The van der Waals surface area contributed by atoms with Crippen molar-refractivity contribution in [3.63, 3.8) is 0 Å². The predicted octanol–water partition coefficient (Wildman–Crippen LogP) is 3.41. The van der Waals surface area contributed by atoms with Gasteiger partial charge in [0, 0.05) is 37.7 Å². The first-order valence-corrected chi connectivity index (χ1v) is 11.1. The summed E-state index contributed by atoms with van der Waals surface area (Å²) in [6.07, 6.45) is 6.59. The summed E-state index contributed by atoms with van der Waals surface area (Å²) in [5.41, 5.74) is 1.74. The smallest absolute Gasteiger partial charge is 0.225 e. The van der Waals surface area contributed by atoms with Gasteiger partial charge in [0.1, 0.15) is 5.82 Å². The number of amides is 1. The Balaban J connectivity index is 1.29. The SMILES string of the molecule is O=C(C1CCN(c2ccc3nnc(-c4ccccc4)n3n2)CC1)N1CCCCCC1. The van der Waals surface area contributed by atoms with Crippen molar-refractivity contribution in [1.29, 1.82) is 0 Å². The third-order valence-corrected chi connectivity index (χ3v) is 6.37. The number of rotatable bonds is 3. The molecule has 0 atom stereocenters. The lowest BCUT2D eigenvalue weighted by Gasteiger charge is -2.34. The average Bonchev–Trinajstić information content (AvgIpc) is 3.04. The zero-order valence-electron chi connectivity index (χ0n) is 17.3. The first kappa shape index (κ1) is 19.0. The van der Waals surface area contributed by atoms with Gasteiger partial charge in [0.25, 0.3) is 0 Å². The number of fused-ring (bicyclic) bond motifs is 1. The van der Waals surface area contributed by atoms with Gasteiger partial charge >= 0.3 is 0 Å². The summed E-state index contributed by atoms with van der Waals surface area (Å²) in [7, 11) is 0. The fourth-order valence-corrected chi connectivity index (χ4v) is 4.62. The van der Waals surface area contributed by atoms with Crippen LogP contribution in [0.2, 0.25) is 0 Å². The molecule has 0 unspecified atom stereocenters. The molecule has 4 heterocycles. The zero-order chi connectivity index (χ0) is 20.3. The molecular weight excluding hydrogens is 376 g/mol. The van der Waals surface area contributed by atoms with Crippen molar-refractivity contribution >= 4 is 17.4 Å². The summed E-state index contributed by atoms with van der Waals surface area (Å²) in [5.74, 6) is 2.18. The molecular formula is C23H28N6O. The Morgan fingerprint density at radius 1 is 0.833 bits per heavy atom. The molecule has 0 bridgehead atoms. The van der Waals surface area contributed by atoms with Crippen LogP contribution in [0.3, 0.4) is 0 Å². The number of piperidine rings is 1. The molecule has 2 aromatic heterocycles. The number of hydrogen-bond donors (Lipinski definition) is 0. The predicted molar refractivity (Wildman–Crippen MR) is 116 cm³/mol. The van der Waals surface area contributed by atoms with Gasteiger partial charge in [-0.15, -0.1) is 15.3 Å². The maximum Gasteiger partial charge on any atom is 0.225 e. The van der Waals surface area contributed by atoms with E-state index < -0.39 is 0 Å². The number of aromatic nitrogens is 4. The first-order valence-electron chi connectivity index (χ1n) is 11.1. The van der Waals surface area contributed by atoms with Gasteiger partial charge < -0.3 is 9.80 Å². The van der Waals surface area contributed by atoms with Gasteiger partial charge in [0.05, 0.1) is 0 Å². The molecule has 156 valence electrons. The minimum atomic E-state index is 0.151. The van der Waals surface area contributed by atoms with Crippen molar-refractivity contribution in [2.75, 3.05) is 31.1 Å². The standard InChI is InChI=1S/C23H28N6O/c30-23(28-14-6-1-2-7-15-28)19-12-16-27(17-13-19)21-11-10-20-24-25-22(29(20)26-21)18-8-4-3-5-9-18/h3-5,8-11,19H,1-2,6-7,12-17H2. The van der Waals surface area contributed by atoms with Gasteiger partial charge in [-0.25, -0.2) is 0 Å². The number of anilines is 1. The second-order valence-electron chi connectivity index (χ2n) is 8.35. The largest absolute Gasteiger partial charge is 0.355 e. The lowest BCUT2D eigenvalue weighted by Crippen LogP contribution is -2.43. The molecule has 2 fully saturated rings. The quantitative estimate of drug-likeness (QED) is 0.669. The third kappa shape index (κ3) is 3.76. The molecule has 0 spiro atoms. The third-order valence-electron chi connectivity index (χ3n) is 6.37. The Bertz CT molecular complexity index is 1000. The van der Waals surface area contributed by atoms with Crippen LogP contribution in [0.5, 0.6) is 0 Å². The van der Waals surface area contributed by atoms with Gasteiger partial charge in [0.2, 0.25) is 5.91 Å². The number of likely N-dealkylation sites (tertiary alicyclic amines) is 1. The Kier molecular flexibility index (Phi) is 5.34. The minimum Gasteiger partial charge on any atom is -0.355 e. The Morgan fingerprint density at radius 2 is 1.57 bits per heavy atom. The topological polar surface area (TPSA) is 66.6 Å². The van der Waals surface area contributed by atoms with Crippen molar-refractivity contribution in [2.45, 2.75) is 38.5 Å². The summed E-state index contributed by atoms with van der Waals surface area (Å²) in [5, 5.41) is 13.4. The molecule has 0 saturated carbocycles. The average molecular weight is 405 g/mol. The molecule has 5 rings (SSSR count). The van der Waals surface area contributed by atoms with E-state index in [1.54, 1.807) is 0 Å². The van der Waals surface area contributed by atoms with E-state index in [2.05, 4.69) is 20.0 Å². The molecule has 7 nitrogen and oxygen atoms in total. The first-order chi connectivity index (χ1) is 14.8. The molecule has 2 aliphatic rings. The van der Waals surface area contributed by atoms with Crippen LogP contribution in [0.15, 0.2) is 42.5 Å². The van der Waals surface area contributed by atoms with Crippen LogP contribution in [0.4, 0.5) is 5.82 Å². The van der Waals surface area contributed by atoms with Gasteiger partial charge in [-0.2, -0.15) is 4.52 Å². The maximum atomic E-state index is 13.0. The molecule has 2 saturated heterocycles. The van der Waals surface area contributed by atoms with Crippen LogP contribution < -0.4 is 4.90 Å². The fraction of sp³-hybridized carbons (Fsp3) is 0.478. The van der Waals surface area contributed by atoms with Crippen LogP contribution in [0, 0.1) is 5.92 Å². The van der Waals surface area contributed by atoms with Crippen LogP contribution in [-0.4, -0.2) is 56.8 Å². The molecule has 0 aliphatic carbocycles. The summed E-state index contributed by atoms with van der Waals surface area (Å²) >= 11 is 0. The lowest BCUT2D eigenvalue weighted by atomic mass is 9.95. The second-order valence-corrected chi connectivity index (χ2v) is 8.35. The van der Waals surface area contributed by atoms with Crippen molar-refractivity contribution in [3.8, 4) is 11.4 Å². The van der Waals surface area contributed by atoms with Crippen LogP contribution in [0.1, 0.15) is 38.5 Å². The number of carbonyl (C=O) groups is 1. The van der Waals surface area contributed by atoms with E-state index in [0.717, 1.165) is 74.7 Å². The molecule has 1 aromatic carbocycles. The Labute approximate surface area is 176 Å². The van der Waals surface area contributed by atoms with E-state index in [0.29, 0.717) is 5.91 Å². The Morgan fingerprint density at radius 3 is 2.30 bits per heavy atom. The molecule has 0 radical (unpaired) electrons. The van der Waals surface area contributed by atoms with E-state index in [1.807, 2.05) is 47.0 Å². The van der Waals surface area contributed by atoms with E-state index in [4.69, 9.17) is 5.10 Å². The van der Waals surface area contributed by atoms with E-state index in [-0.39, 0.29) is 5.92 Å². The zero-order valence-corrected chi connectivity index (χ0v) is 17.3. The number of nitrogens with zero attached hydrogens (tertiary/aromatic N) is 6.